The van der Waals surface area contributed by atoms with Crippen LogP contribution >= 0.6 is 0 Å². The van der Waals surface area contributed by atoms with Gasteiger partial charge < -0.3 is 20.1 Å². The summed E-state index contributed by atoms with van der Waals surface area (Å²) in [5.41, 5.74) is 5.73. The van der Waals surface area contributed by atoms with Gasteiger partial charge in [-0.2, -0.15) is 10.5 Å². The fraction of sp³-hybridized carbons (Fsp3) is 0.222. The average molecular weight is 633 g/mol. The number of hydroxylamine groups is 1. The number of pyridine rings is 1. The standard InChI is InChI=1S/C36H33FN6O4/c1-47-33-10-9-25(19-32(33)44)30-22-41-36(29(21-39)35(30)26-7-8-27(20-38)31(37)18-26)43-16-13-28(14-17-43)40-15-12-24-4-2-23(3-5-24)6-11-34(45)42-46/h2-11,18-19,22,28,40,44,46H,12-17H2,1H3,(H,42,45)/b11-6+. The SMILES string of the molecule is COc1ccc(-c2cnc(N3CCC(NCCc4ccc(/C=C/C(=O)NO)cc4)CC3)c(C#N)c2-c2ccc(C#N)c(F)c2)cc1O. The number of piperidine rings is 1. The maximum absolute atomic E-state index is 14.8. The molecule has 238 valence electrons. The van der Waals surface area contributed by atoms with Gasteiger partial charge in [-0.05, 0) is 78.4 Å². The van der Waals surface area contributed by atoms with Gasteiger partial charge >= 0.3 is 0 Å². The Hall–Kier alpha value is -5.75. The largest absolute Gasteiger partial charge is 0.504 e. The molecule has 4 N–H and O–H groups in total. The number of rotatable bonds is 10. The van der Waals surface area contributed by atoms with Crippen LogP contribution in [0.2, 0.25) is 0 Å². The van der Waals surface area contributed by atoms with Crippen LogP contribution in [0.5, 0.6) is 11.5 Å². The molecule has 0 bridgehead atoms. The van der Waals surface area contributed by atoms with Gasteiger partial charge in [-0.1, -0.05) is 36.4 Å². The molecule has 1 aliphatic heterocycles. The lowest BCUT2D eigenvalue weighted by Gasteiger charge is -2.34. The highest BCUT2D eigenvalue weighted by molar-refractivity contribution is 5.91. The number of phenolic OH excluding ortho intramolecular Hbond substituents is 1. The molecule has 3 aromatic carbocycles. The second kappa shape index (κ2) is 15.0. The number of methoxy groups -OCH3 is 1. The summed E-state index contributed by atoms with van der Waals surface area (Å²) in [4.78, 5) is 17.9. The van der Waals surface area contributed by atoms with Gasteiger partial charge in [-0.15, -0.1) is 0 Å². The number of halogens is 1. The minimum atomic E-state index is -0.692. The van der Waals surface area contributed by atoms with Crippen molar-refractivity contribution in [2.24, 2.45) is 0 Å². The van der Waals surface area contributed by atoms with E-state index in [4.69, 9.17) is 14.9 Å². The number of nitriles is 2. The second-order valence-electron chi connectivity index (χ2n) is 11.1. The van der Waals surface area contributed by atoms with Crippen molar-refractivity contribution in [1.82, 2.24) is 15.8 Å². The Morgan fingerprint density at radius 2 is 1.83 bits per heavy atom. The number of hydrogen-bond acceptors (Lipinski definition) is 9. The molecule has 0 saturated carbocycles. The third-order valence-corrected chi connectivity index (χ3v) is 8.20. The summed E-state index contributed by atoms with van der Waals surface area (Å²) in [6.45, 7) is 2.10. The van der Waals surface area contributed by atoms with Gasteiger partial charge in [0, 0.05) is 42.5 Å². The maximum atomic E-state index is 14.8. The van der Waals surface area contributed by atoms with Crippen molar-refractivity contribution >= 4 is 17.8 Å². The van der Waals surface area contributed by atoms with Gasteiger partial charge in [0.1, 0.15) is 29.3 Å². The molecule has 0 unspecified atom stereocenters. The summed E-state index contributed by atoms with van der Waals surface area (Å²) >= 11 is 0. The Kier molecular flexibility index (Phi) is 10.4. The van der Waals surface area contributed by atoms with E-state index in [1.54, 1.807) is 36.0 Å². The van der Waals surface area contributed by atoms with E-state index in [-0.39, 0.29) is 22.9 Å². The van der Waals surface area contributed by atoms with Crippen molar-refractivity contribution in [3.8, 4) is 45.9 Å². The quantitative estimate of drug-likeness (QED) is 0.103. The Balaban J connectivity index is 1.32. The lowest BCUT2D eigenvalue weighted by Crippen LogP contribution is -2.43. The van der Waals surface area contributed by atoms with Gasteiger partial charge in [0.2, 0.25) is 0 Å². The van der Waals surface area contributed by atoms with Crippen LogP contribution in [0.4, 0.5) is 10.2 Å². The molecule has 0 aliphatic carbocycles. The number of aromatic hydroxyl groups is 1. The van der Waals surface area contributed by atoms with Gasteiger partial charge in [0.05, 0.1) is 12.7 Å². The van der Waals surface area contributed by atoms with Crippen LogP contribution in [0.3, 0.4) is 0 Å². The molecule has 4 aromatic rings. The van der Waals surface area contributed by atoms with Crippen molar-refractivity contribution in [2.75, 3.05) is 31.6 Å². The lowest BCUT2D eigenvalue weighted by atomic mass is 9.91. The molecule has 0 spiro atoms. The summed E-state index contributed by atoms with van der Waals surface area (Å²) in [6, 6.07) is 21.4. The summed E-state index contributed by atoms with van der Waals surface area (Å²) in [5, 5.41) is 42.4. The summed E-state index contributed by atoms with van der Waals surface area (Å²) in [6.07, 6.45) is 7.00. The molecule has 2 heterocycles. The molecule has 1 aromatic heterocycles. The smallest absolute Gasteiger partial charge is 0.267 e. The number of carbonyl (C=O) groups excluding carboxylic acids is 1. The minimum Gasteiger partial charge on any atom is -0.504 e. The summed E-state index contributed by atoms with van der Waals surface area (Å²) in [7, 11) is 1.45. The zero-order valence-electron chi connectivity index (χ0n) is 25.7. The monoisotopic (exact) mass is 632 g/mol. The number of nitrogens with one attached hydrogen (secondary N) is 2. The number of carbonyl (C=O) groups is 1. The predicted octanol–water partition coefficient (Wildman–Crippen LogP) is 5.33. The number of amides is 1. The number of hydrogen-bond donors (Lipinski definition) is 4. The Labute approximate surface area is 271 Å². The molecule has 11 heteroatoms. The van der Waals surface area contributed by atoms with E-state index >= 15 is 0 Å². The van der Waals surface area contributed by atoms with Crippen LogP contribution in [0.15, 0.2) is 72.9 Å². The van der Waals surface area contributed by atoms with Crippen molar-refractivity contribution in [2.45, 2.75) is 25.3 Å². The highest BCUT2D eigenvalue weighted by atomic mass is 19.1. The fourth-order valence-corrected chi connectivity index (χ4v) is 5.71. The molecule has 0 radical (unpaired) electrons. The van der Waals surface area contributed by atoms with E-state index in [9.17, 15) is 24.8 Å². The van der Waals surface area contributed by atoms with E-state index in [0.717, 1.165) is 36.9 Å². The van der Waals surface area contributed by atoms with E-state index in [1.807, 2.05) is 30.3 Å². The highest BCUT2D eigenvalue weighted by Crippen LogP contribution is 2.41. The first-order valence-corrected chi connectivity index (χ1v) is 15.0. The number of ether oxygens (including phenoxy) is 1. The fourth-order valence-electron chi connectivity index (χ4n) is 5.71. The first-order valence-electron chi connectivity index (χ1n) is 15.0. The van der Waals surface area contributed by atoms with Crippen LogP contribution in [-0.2, 0) is 11.2 Å². The molecule has 10 nitrogen and oxygen atoms in total. The van der Waals surface area contributed by atoms with Crippen LogP contribution in [0.1, 0.15) is 35.1 Å². The summed E-state index contributed by atoms with van der Waals surface area (Å²) < 4.78 is 20.0. The third kappa shape index (κ3) is 7.56. The Bertz CT molecular complexity index is 1870. The van der Waals surface area contributed by atoms with Crippen molar-refractivity contribution in [3.63, 3.8) is 0 Å². The van der Waals surface area contributed by atoms with Crippen LogP contribution < -0.4 is 20.4 Å². The van der Waals surface area contributed by atoms with E-state index in [1.165, 1.54) is 31.4 Å². The number of aromatic nitrogens is 1. The summed E-state index contributed by atoms with van der Waals surface area (Å²) in [5.74, 6) is -0.574. The number of phenols is 1. The molecule has 1 amide bonds. The molecule has 1 aliphatic rings. The second-order valence-corrected chi connectivity index (χ2v) is 11.1. The van der Waals surface area contributed by atoms with E-state index in [0.29, 0.717) is 46.9 Å². The molecular weight excluding hydrogens is 599 g/mol. The number of nitrogens with zero attached hydrogens (tertiary/aromatic N) is 4. The molecule has 5 rings (SSSR count). The van der Waals surface area contributed by atoms with Crippen molar-refractivity contribution in [1.29, 1.82) is 10.5 Å². The van der Waals surface area contributed by atoms with E-state index in [2.05, 4.69) is 16.3 Å². The molecule has 0 atom stereocenters. The third-order valence-electron chi connectivity index (χ3n) is 8.20. The predicted molar refractivity (Wildman–Crippen MR) is 175 cm³/mol. The normalized spacial score (nSPS) is 13.3. The zero-order chi connectivity index (χ0) is 33.3. The Morgan fingerprint density at radius 1 is 1.09 bits per heavy atom. The van der Waals surface area contributed by atoms with Crippen molar-refractivity contribution in [3.05, 3.63) is 101 Å². The first kappa shape index (κ1) is 32.6. The Morgan fingerprint density at radius 3 is 2.47 bits per heavy atom. The number of anilines is 1. The van der Waals surface area contributed by atoms with Crippen LogP contribution in [0, 0.1) is 28.5 Å². The van der Waals surface area contributed by atoms with Crippen LogP contribution in [-0.4, -0.2) is 54.0 Å². The van der Waals surface area contributed by atoms with Gasteiger partial charge in [-0.25, -0.2) is 14.9 Å². The van der Waals surface area contributed by atoms with Gasteiger partial charge in [0.15, 0.2) is 11.5 Å². The molecule has 1 saturated heterocycles. The molecule has 1 fully saturated rings. The lowest BCUT2D eigenvalue weighted by molar-refractivity contribution is -0.124. The highest BCUT2D eigenvalue weighted by Gasteiger charge is 2.26. The maximum Gasteiger partial charge on any atom is 0.267 e. The minimum absolute atomic E-state index is 0.0852. The van der Waals surface area contributed by atoms with E-state index < -0.39 is 11.7 Å². The van der Waals surface area contributed by atoms with Gasteiger partial charge in [-0.3, -0.25) is 10.0 Å². The van der Waals surface area contributed by atoms with Crippen molar-refractivity contribution < 1.29 is 24.2 Å². The zero-order valence-corrected chi connectivity index (χ0v) is 25.7. The first-order chi connectivity index (χ1) is 22.8. The molecule has 47 heavy (non-hydrogen) atoms. The van der Waals surface area contributed by atoms with Crippen LogP contribution in [0.25, 0.3) is 28.3 Å². The molecular formula is C36H33FN6O4. The average Bonchev–Trinajstić information content (AvgIpc) is 3.10. The number of benzene rings is 3. The topological polar surface area (TPSA) is 155 Å². The van der Waals surface area contributed by atoms with Gasteiger partial charge in [0.25, 0.3) is 5.91 Å².